The van der Waals surface area contributed by atoms with Crippen molar-refractivity contribution in [1.29, 1.82) is 0 Å². The van der Waals surface area contributed by atoms with E-state index in [4.69, 9.17) is 11.2 Å². The van der Waals surface area contributed by atoms with Crippen LogP contribution in [0.4, 0.5) is 0 Å². The zero-order valence-electron chi connectivity index (χ0n) is 8.86. The Kier molecular flexibility index (Phi) is 6.73. The first-order valence-corrected chi connectivity index (χ1v) is 4.61. The topological polar surface area (TPSA) is 52.6 Å². The van der Waals surface area contributed by atoms with Crippen LogP contribution < -0.4 is 0 Å². The van der Waals surface area contributed by atoms with E-state index in [1.807, 2.05) is 6.92 Å². The molecular weight excluding hydrogens is 196 g/mol. The van der Waals surface area contributed by atoms with Crippen LogP contribution in [0, 0.1) is 12.3 Å². The monoisotopic (exact) mass is 210 g/mol. The Morgan fingerprint density at radius 2 is 2.00 bits per heavy atom. The molecule has 82 valence electrons. The summed E-state index contributed by atoms with van der Waals surface area (Å²) < 4.78 is 9.38. The van der Waals surface area contributed by atoms with Gasteiger partial charge in [-0.15, -0.1) is 6.42 Å². The van der Waals surface area contributed by atoms with Crippen molar-refractivity contribution in [2.45, 2.75) is 26.4 Å². The van der Waals surface area contributed by atoms with Crippen LogP contribution in [0.5, 0.6) is 0 Å². The van der Waals surface area contributed by atoms with Gasteiger partial charge in [-0.2, -0.15) is 0 Å². The summed E-state index contributed by atoms with van der Waals surface area (Å²) in [7, 11) is 0. The van der Waals surface area contributed by atoms with Crippen LogP contribution in [0.1, 0.15) is 20.3 Å². The van der Waals surface area contributed by atoms with Gasteiger partial charge in [-0.05, 0) is 13.3 Å². The molecule has 0 aromatic carbocycles. The number of hydrogen-bond acceptors (Lipinski definition) is 4. The van der Waals surface area contributed by atoms with Crippen LogP contribution in [0.15, 0.2) is 12.2 Å². The second-order valence-corrected chi connectivity index (χ2v) is 2.75. The average Bonchev–Trinajstić information content (AvgIpc) is 2.23. The molecule has 0 aliphatic rings. The van der Waals surface area contributed by atoms with E-state index in [-0.39, 0.29) is 0 Å². The molecule has 0 aromatic heterocycles. The van der Waals surface area contributed by atoms with Crippen molar-refractivity contribution in [2.75, 3.05) is 6.61 Å². The van der Waals surface area contributed by atoms with Crippen LogP contribution >= 0.6 is 0 Å². The summed E-state index contributed by atoms with van der Waals surface area (Å²) in [5.74, 6) is 0.999. The van der Waals surface area contributed by atoms with Crippen LogP contribution in [-0.4, -0.2) is 24.6 Å². The molecule has 0 rings (SSSR count). The Bertz CT molecular complexity index is 285. The Morgan fingerprint density at radius 3 is 2.53 bits per heavy atom. The van der Waals surface area contributed by atoms with Crippen molar-refractivity contribution in [3.05, 3.63) is 12.2 Å². The first kappa shape index (κ1) is 13.2. The number of carbonyl (C=O) groups is 2. The number of hydrogen-bond donors (Lipinski definition) is 0. The van der Waals surface area contributed by atoms with Gasteiger partial charge in [0, 0.05) is 12.2 Å². The van der Waals surface area contributed by atoms with E-state index < -0.39 is 18.0 Å². The molecule has 0 aliphatic carbocycles. The van der Waals surface area contributed by atoms with Crippen molar-refractivity contribution >= 4 is 11.9 Å². The molecule has 1 atom stereocenters. The minimum absolute atomic E-state index is 0.332. The zero-order valence-corrected chi connectivity index (χ0v) is 8.86. The SMILES string of the molecule is C#CC(C)OC(=O)/C=C/C(=O)OCCC. The van der Waals surface area contributed by atoms with Gasteiger partial charge in [-0.1, -0.05) is 12.8 Å². The molecule has 0 heterocycles. The average molecular weight is 210 g/mol. The van der Waals surface area contributed by atoms with Gasteiger partial charge in [0.15, 0.2) is 6.10 Å². The van der Waals surface area contributed by atoms with Gasteiger partial charge in [-0.25, -0.2) is 9.59 Å². The van der Waals surface area contributed by atoms with Crippen molar-refractivity contribution in [1.82, 2.24) is 0 Å². The predicted octanol–water partition coefficient (Wildman–Crippen LogP) is 1.06. The van der Waals surface area contributed by atoms with Gasteiger partial charge in [0.25, 0.3) is 0 Å². The summed E-state index contributed by atoms with van der Waals surface area (Å²) in [6.07, 6.45) is 7.14. The Balaban J connectivity index is 3.91. The fourth-order valence-electron chi connectivity index (χ4n) is 0.634. The summed E-state index contributed by atoms with van der Waals surface area (Å²) in [5, 5.41) is 0. The molecule has 4 heteroatoms. The Hall–Kier alpha value is -1.76. The summed E-state index contributed by atoms with van der Waals surface area (Å²) in [6.45, 7) is 3.76. The van der Waals surface area contributed by atoms with Crippen molar-refractivity contribution < 1.29 is 19.1 Å². The zero-order chi connectivity index (χ0) is 11.7. The van der Waals surface area contributed by atoms with Gasteiger partial charge in [-0.3, -0.25) is 0 Å². The highest BCUT2D eigenvalue weighted by atomic mass is 16.5. The van der Waals surface area contributed by atoms with Crippen molar-refractivity contribution in [3.63, 3.8) is 0 Å². The molecular formula is C11H14O4. The highest BCUT2D eigenvalue weighted by Gasteiger charge is 2.03. The molecule has 0 fully saturated rings. The maximum absolute atomic E-state index is 11.0. The van der Waals surface area contributed by atoms with Crippen LogP contribution in [0.3, 0.4) is 0 Å². The lowest BCUT2D eigenvalue weighted by Gasteiger charge is -2.03. The molecule has 0 bridgehead atoms. The van der Waals surface area contributed by atoms with Crippen LogP contribution in [-0.2, 0) is 19.1 Å². The van der Waals surface area contributed by atoms with Crippen molar-refractivity contribution in [2.24, 2.45) is 0 Å². The molecule has 0 aromatic rings. The van der Waals surface area contributed by atoms with Gasteiger partial charge in [0.05, 0.1) is 6.61 Å². The quantitative estimate of drug-likeness (QED) is 0.387. The Labute approximate surface area is 89.2 Å². The molecule has 0 radical (unpaired) electrons. The molecule has 0 spiro atoms. The predicted molar refractivity (Wildman–Crippen MR) is 54.8 cm³/mol. The smallest absolute Gasteiger partial charge is 0.332 e. The summed E-state index contributed by atoms with van der Waals surface area (Å²) in [4.78, 5) is 21.9. The molecule has 0 amide bonds. The van der Waals surface area contributed by atoms with Gasteiger partial charge >= 0.3 is 11.9 Å². The minimum Gasteiger partial charge on any atom is -0.463 e. The fraction of sp³-hybridized carbons (Fsp3) is 0.455. The molecule has 0 aliphatic heterocycles. The summed E-state index contributed by atoms with van der Waals surface area (Å²) >= 11 is 0. The largest absolute Gasteiger partial charge is 0.463 e. The standard InChI is InChI=1S/C11H14O4/c1-4-8-14-10(12)6-7-11(13)15-9(3)5-2/h2,6-7,9H,4,8H2,1,3H3/b7-6+. The molecule has 4 nitrogen and oxygen atoms in total. The van der Waals surface area contributed by atoms with E-state index in [9.17, 15) is 9.59 Å². The first-order valence-electron chi connectivity index (χ1n) is 4.61. The molecule has 15 heavy (non-hydrogen) atoms. The van der Waals surface area contributed by atoms with Gasteiger partial charge in [0.1, 0.15) is 0 Å². The van der Waals surface area contributed by atoms with Gasteiger partial charge in [0.2, 0.25) is 0 Å². The molecule has 0 N–H and O–H groups in total. The fourth-order valence-corrected chi connectivity index (χ4v) is 0.634. The summed E-state index contributed by atoms with van der Waals surface area (Å²) in [5.41, 5.74) is 0. The van der Waals surface area contributed by atoms with Gasteiger partial charge < -0.3 is 9.47 Å². The van der Waals surface area contributed by atoms with E-state index >= 15 is 0 Å². The maximum atomic E-state index is 11.0. The Morgan fingerprint density at radius 1 is 1.40 bits per heavy atom. The molecule has 0 saturated heterocycles. The minimum atomic E-state index is -0.658. The second-order valence-electron chi connectivity index (χ2n) is 2.75. The highest BCUT2D eigenvalue weighted by Crippen LogP contribution is 1.91. The third kappa shape index (κ3) is 7.32. The number of esters is 2. The second kappa shape index (κ2) is 7.63. The third-order valence-corrected chi connectivity index (χ3v) is 1.33. The van der Waals surface area contributed by atoms with Crippen LogP contribution in [0.25, 0.3) is 0 Å². The van der Waals surface area contributed by atoms with Crippen LogP contribution in [0.2, 0.25) is 0 Å². The van der Waals surface area contributed by atoms with E-state index in [1.54, 1.807) is 6.92 Å². The van der Waals surface area contributed by atoms with E-state index in [2.05, 4.69) is 10.7 Å². The van der Waals surface area contributed by atoms with E-state index in [0.29, 0.717) is 6.61 Å². The summed E-state index contributed by atoms with van der Waals surface area (Å²) in [6, 6.07) is 0. The third-order valence-electron chi connectivity index (χ3n) is 1.33. The van der Waals surface area contributed by atoms with Crippen molar-refractivity contribution in [3.8, 4) is 12.3 Å². The normalized spacial score (nSPS) is 11.8. The maximum Gasteiger partial charge on any atom is 0.332 e. The highest BCUT2D eigenvalue weighted by molar-refractivity contribution is 5.91. The number of rotatable bonds is 5. The lowest BCUT2D eigenvalue weighted by Crippen LogP contribution is -2.11. The number of terminal acetylenes is 1. The lowest BCUT2D eigenvalue weighted by atomic mass is 10.4. The lowest BCUT2D eigenvalue weighted by molar-refractivity contribution is -0.141. The van der Waals surface area contributed by atoms with E-state index in [1.165, 1.54) is 0 Å². The number of carbonyl (C=O) groups excluding carboxylic acids is 2. The number of ether oxygens (including phenoxy) is 2. The van der Waals surface area contributed by atoms with E-state index in [0.717, 1.165) is 18.6 Å². The molecule has 0 saturated carbocycles. The molecule has 1 unspecified atom stereocenters. The first-order chi connectivity index (χ1) is 7.10.